The summed E-state index contributed by atoms with van der Waals surface area (Å²) < 4.78 is 0. The van der Waals surface area contributed by atoms with Crippen LogP contribution in [0, 0.1) is 0 Å². The van der Waals surface area contributed by atoms with Crippen molar-refractivity contribution < 1.29 is 0 Å². The Morgan fingerprint density at radius 2 is 2.00 bits per heavy atom. The summed E-state index contributed by atoms with van der Waals surface area (Å²) >= 11 is 0. The molecule has 0 aromatic carbocycles. The average Bonchev–Trinajstić information content (AvgIpc) is 2.20. The smallest absolute Gasteiger partial charge is 0.0893 e. The highest BCUT2D eigenvalue weighted by Crippen LogP contribution is 2.37. The Hall–Kier alpha value is -0.740. The molecule has 0 saturated heterocycles. The lowest BCUT2D eigenvalue weighted by Crippen LogP contribution is -1.91. The van der Waals surface area contributed by atoms with E-state index in [2.05, 4.69) is 27.7 Å². The van der Waals surface area contributed by atoms with E-state index in [4.69, 9.17) is 0 Å². The molecule has 0 N–H and O–H groups in total. The number of rotatable bonds is 1. The molecule has 0 saturated carbocycles. The van der Waals surface area contributed by atoms with E-state index in [0.29, 0.717) is 0 Å². The zero-order valence-corrected chi connectivity index (χ0v) is 8.73. The van der Waals surface area contributed by atoms with Gasteiger partial charge in [-0.05, 0) is 23.3 Å². The molecule has 0 radical (unpaired) electrons. The first-order valence-corrected chi connectivity index (χ1v) is 6.11. The van der Waals surface area contributed by atoms with Gasteiger partial charge in [-0.25, -0.2) is 0 Å². The molecule has 0 aliphatic carbocycles. The van der Waals surface area contributed by atoms with Gasteiger partial charge in [-0.15, -0.1) is 0 Å². The van der Waals surface area contributed by atoms with Gasteiger partial charge in [0.15, 0.2) is 0 Å². The molecule has 1 aliphatic rings. The van der Waals surface area contributed by atoms with Crippen molar-refractivity contribution in [1.29, 1.82) is 0 Å². The number of aromatic nitrogens is 2. The molecular formula is C9H8N2S2. The van der Waals surface area contributed by atoms with Crippen LogP contribution in [0.1, 0.15) is 12.6 Å². The molecule has 4 heteroatoms. The molecule has 2 nitrogen and oxygen atoms in total. The van der Waals surface area contributed by atoms with Crippen LogP contribution in [0.3, 0.4) is 0 Å². The highest BCUT2D eigenvalue weighted by Gasteiger charge is 2.08. The summed E-state index contributed by atoms with van der Waals surface area (Å²) in [5, 5.41) is 4.25. The molecule has 13 heavy (non-hydrogen) atoms. The second-order valence-corrected chi connectivity index (χ2v) is 4.63. The second kappa shape index (κ2) is 3.98. The Balaban J connectivity index is 2.37. The van der Waals surface area contributed by atoms with Gasteiger partial charge in [0.05, 0.1) is 11.9 Å². The first-order chi connectivity index (χ1) is 6.38. The molecule has 1 aliphatic heterocycles. The minimum absolute atomic E-state index is 0.948. The summed E-state index contributed by atoms with van der Waals surface area (Å²) in [5.74, 6) is 0. The van der Waals surface area contributed by atoms with Crippen molar-refractivity contribution in [2.24, 2.45) is 0 Å². The minimum atomic E-state index is 0.948. The van der Waals surface area contributed by atoms with Gasteiger partial charge in [-0.1, -0.05) is 21.6 Å². The van der Waals surface area contributed by atoms with Crippen molar-refractivity contribution in [3.63, 3.8) is 0 Å². The highest BCUT2D eigenvalue weighted by atomic mass is 33.1. The van der Waals surface area contributed by atoms with E-state index in [-0.39, 0.29) is 0 Å². The average molecular weight is 208 g/mol. The topological polar surface area (TPSA) is 25.8 Å². The third kappa shape index (κ3) is 1.95. The van der Waals surface area contributed by atoms with Gasteiger partial charge in [0.1, 0.15) is 0 Å². The lowest BCUT2D eigenvalue weighted by Gasteiger charge is -2.09. The maximum atomic E-state index is 4.26. The monoisotopic (exact) mass is 208 g/mol. The summed E-state index contributed by atoms with van der Waals surface area (Å²) in [6, 6.07) is 0. The van der Waals surface area contributed by atoms with Gasteiger partial charge in [-0.3, -0.25) is 9.97 Å². The molecule has 2 rings (SSSR count). The largest absolute Gasteiger partial charge is 0.261 e. The zero-order chi connectivity index (χ0) is 9.10. The molecule has 0 amide bonds. The SMILES string of the molecule is CC1=CSSC=C1c1cnccn1. The molecule has 66 valence electrons. The second-order valence-electron chi connectivity index (χ2n) is 2.62. The Labute approximate surface area is 85.0 Å². The van der Waals surface area contributed by atoms with E-state index >= 15 is 0 Å². The quantitative estimate of drug-likeness (QED) is 0.662. The van der Waals surface area contributed by atoms with Crippen LogP contribution in [0.4, 0.5) is 0 Å². The predicted molar refractivity (Wildman–Crippen MR) is 58.9 cm³/mol. The van der Waals surface area contributed by atoms with Crippen LogP contribution in [-0.4, -0.2) is 9.97 Å². The van der Waals surface area contributed by atoms with Crippen molar-refractivity contribution in [3.8, 4) is 0 Å². The fraction of sp³-hybridized carbons (Fsp3) is 0.111. The van der Waals surface area contributed by atoms with Gasteiger partial charge in [0.2, 0.25) is 0 Å². The Morgan fingerprint density at radius 3 is 2.69 bits per heavy atom. The fourth-order valence-electron chi connectivity index (χ4n) is 1.03. The van der Waals surface area contributed by atoms with E-state index in [1.165, 1.54) is 11.1 Å². The van der Waals surface area contributed by atoms with Crippen LogP contribution in [0.5, 0.6) is 0 Å². The van der Waals surface area contributed by atoms with Gasteiger partial charge in [0, 0.05) is 18.0 Å². The molecule has 0 bridgehead atoms. The molecule has 0 fully saturated rings. The molecule has 0 unspecified atom stereocenters. The maximum Gasteiger partial charge on any atom is 0.0893 e. The summed E-state index contributed by atoms with van der Waals surface area (Å²) in [5.41, 5.74) is 3.38. The molecular weight excluding hydrogens is 200 g/mol. The maximum absolute atomic E-state index is 4.26. The number of hydrogen-bond donors (Lipinski definition) is 0. The number of hydrogen-bond acceptors (Lipinski definition) is 4. The van der Waals surface area contributed by atoms with E-state index in [1.54, 1.807) is 40.2 Å². The van der Waals surface area contributed by atoms with Crippen molar-refractivity contribution in [1.82, 2.24) is 9.97 Å². The Morgan fingerprint density at radius 1 is 1.15 bits per heavy atom. The Kier molecular flexibility index (Phi) is 2.71. The molecule has 2 heterocycles. The standard InChI is InChI=1S/C9H8N2S2/c1-7-5-12-13-6-8(7)9-4-10-2-3-11-9/h2-6H,1H3. The molecule has 0 spiro atoms. The van der Waals surface area contributed by atoms with Crippen molar-refractivity contribution in [3.05, 3.63) is 40.7 Å². The van der Waals surface area contributed by atoms with Crippen LogP contribution in [0.25, 0.3) is 5.57 Å². The first kappa shape index (κ1) is 8.84. The van der Waals surface area contributed by atoms with Crippen molar-refractivity contribution in [2.45, 2.75) is 6.92 Å². The van der Waals surface area contributed by atoms with E-state index in [1.807, 2.05) is 0 Å². The number of allylic oxidation sites excluding steroid dienone is 2. The normalized spacial score (nSPS) is 16.4. The highest BCUT2D eigenvalue weighted by molar-refractivity contribution is 8.79. The summed E-state index contributed by atoms with van der Waals surface area (Å²) in [6.45, 7) is 2.09. The molecule has 1 aromatic heterocycles. The molecule has 1 aromatic rings. The van der Waals surface area contributed by atoms with E-state index in [0.717, 1.165) is 5.69 Å². The Bertz CT molecular complexity index is 357. The molecule has 0 atom stereocenters. The van der Waals surface area contributed by atoms with E-state index in [9.17, 15) is 0 Å². The van der Waals surface area contributed by atoms with Gasteiger partial charge in [0.25, 0.3) is 0 Å². The van der Waals surface area contributed by atoms with Crippen LogP contribution < -0.4 is 0 Å². The van der Waals surface area contributed by atoms with Crippen LogP contribution in [0.15, 0.2) is 35.0 Å². The summed E-state index contributed by atoms with van der Waals surface area (Å²) in [4.78, 5) is 8.31. The third-order valence-corrected chi connectivity index (χ3v) is 3.51. The minimum Gasteiger partial charge on any atom is -0.261 e. The van der Waals surface area contributed by atoms with Gasteiger partial charge >= 0.3 is 0 Å². The summed E-state index contributed by atoms with van der Waals surface area (Å²) in [7, 11) is 3.44. The van der Waals surface area contributed by atoms with Crippen LogP contribution in [0.2, 0.25) is 0 Å². The lowest BCUT2D eigenvalue weighted by atomic mass is 10.1. The third-order valence-electron chi connectivity index (χ3n) is 1.71. The number of nitrogens with zero attached hydrogens (tertiary/aromatic N) is 2. The van der Waals surface area contributed by atoms with Gasteiger partial charge in [-0.2, -0.15) is 0 Å². The fourth-order valence-corrected chi connectivity index (χ4v) is 2.87. The van der Waals surface area contributed by atoms with Crippen molar-refractivity contribution >= 4 is 27.2 Å². The summed E-state index contributed by atoms with van der Waals surface area (Å²) in [6.07, 6.45) is 5.20. The predicted octanol–water partition coefficient (Wildman–Crippen LogP) is 3.12. The van der Waals surface area contributed by atoms with Gasteiger partial charge < -0.3 is 0 Å². The van der Waals surface area contributed by atoms with Crippen LogP contribution >= 0.6 is 21.6 Å². The van der Waals surface area contributed by atoms with Crippen LogP contribution in [-0.2, 0) is 0 Å². The first-order valence-electron chi connectivity index (χ1n) is 3.84. The van der Waals surface area contributed by atoms with E-state index < -0.39 is 0 Å². The lowest BCUT2D eigenvalue weighted by molar-refractivity contribution is 1.16. The van der Waals surface area contributed by atoms with Crippen molar-refractivity contribution in [2.75, 3.05) is 0 Å². The zero-order valence-electron chi connectivity index (χ0n) is 7.10.